The number of nitrogens with one attached hydrogen (secondary N) is 1. The molecule has 0 bridgehead atoms. The average molecular weight is 540 g/mol. The first kappa shape index (κ1) is 27.9. The van der Waals surface area contributed by atoms with Crippen molar-refractivity contribution in [1.29, 1.82) is 0 Å². The van der Waals surface area contributed by atoms with Crippen molar-refractivity contribution in [2.24, 2.45) is 11.8 Å². The molecule has 38 heavy (non-hydrogen) atoms. The van der Waals surface area contributed by atoms with E-state index in [1.807, 2.05) is 6.92 Å². The molecule has 1 saturated heterocycles. The Morgan fingerprint density at radius 2 is 1.84 bits per heavy atom. The molecule has 2 unspecified atom stereocenters. The largest absolute Gasteiger partial charge is 0.419 e. The van der Waals surface area contributed by atoms with Crippen molar-refractivity contribution in [2.45, 2.75) is 70.8 Å². The van der Waals surface area contributed by atoms with Gasteiger partial charge in [0.1, 0.15) is 17.7 Å². The molecule has 206 valence electrons. The third-order valence-corrected chi connectivity index (χ3v) is 7.40. The molecule has 2 aliphatic rings. The van der Waals surface area contributed by atoms with Crippen LogP contribution >= 0.6 is 0 Å². The van der Waals surface area contributed by atoms with E-state index in [-0.39, 0.29) is 35.6 Å². The van der Waals surface area contributed by atoms with Crippen LogP contribution in [0, 0.1) is 30.4 Å². The Kier molecular flexibility index (Phi) is 7.79. The highest BCUT2D eigenvalue weighted by Crippen LogP contribution is 2.43. The molecule has 1 aliphatic carbocycles. The second-order valence-electron chi connectivity index (χ2n) is 10.2. The van der Waals surface area contributed by atoms with Crippen molar-refractivity contribution in [2.75, 3.05) is 6.54 Å². The minimum atomic E-state index is -5.06. The summed E-state index contributed by atoms with van der Waals surface area (Å²) in [5.41, 5.74) is -0.969. The zero-order valence-electron chi connectivity index (χ0n) is 21.3. The molecule has 2 amide bonds. The Hall–Kier alpha value is -3.08. The number of carbonyl (C=O) groups excluding carboxylic acids is 2. The van der Waals surface area contributed by atoms with E-state index in [2.05, 4.69) is 10.3 Å². The van der Waals surface area contributed by atoms with Crippen molar-refractivity contribution in [1.82, 2.24) is 15.2 Å². The van der Waals surface area contributed by atoms with Crippen molar-refractivity contribution < 1.29 is 36.6 Å². The summed E-state index contributed by atoms with van der Waals surface area (Å²) in [5.74, 6) is -4.17. The van der Waals surface area contributed by atoms with Crippen LogP contribution in [0.3, 0.4) is 0 Å². The van der Waals surface area contributed by atoms with E-state index in [0.29, 0.717) is 43.0 Å². The van der Waals surface area contributed by atoms with Crippen LogP contribution < -0.4 is 5.32 Å². The number of alkyl halides is 3. The highest BCUT2D eigenvalue weighted by molar-refractivity contribution is 5.99. The quantitative estimate of drug-likeness (QED) is 0.471. The summed E-state index contributed by atoms with van der Waals surface area (Å²) >= 11 is 0. The number of amides is 2. The zero-order chi connectivity index (χ0) is 27.9. The first-order valence-electron chi connectivity index (χ1n) is 12.6. The van der Waals surface area contributed by atoms with Gasteiger partial charge in [-0.15, -0.1) is 0 Å². The highest BCUT2D eigenvalue weighted by atomic mass is 19.4. The van der Waals surface area contributed by atoms with Crippen LogP contribution in [0.15, 0.2) is 24.4 Å². The molecular formula is C27H30F5N3O3. The molecule has 4 atom stereocenters. The van der Waals surface area contributed by atoms with Gasteiger partial charge in [0.15, 0.2) is 0 Å². The molecule has 0 radical (unpaired) electrons. The van der Waals surface area contributed by atoms with Gasteiger partial charge in [0, 0.05) is 35.1 Å². The van der Waals surface area contributed by atoms with E-state index < -0.39 is 53.4 Å². The Morgan fingerprint density at radius 3 is 2.42 bits per heavy atom. The molecule has 1 aromatic heterocycles. The summed E-state index contributed by atoms with van der Waals surface area (Å²) in [6.07, 6.45) is -2.41. The number of hydrogen-bond donors (Lipinski definition) is 2. The van der Waals surface area contributed by atoms with Crippen molar-refractivity contribution in [3.8, 4) is 0 Å². The number of carbonyl (C=O) groups is 2. The van der Waals surface area contributed by atoms with Gasteiger partial charge in [-0.2, -0.15) is 13.2 Å². The van der Waals surface area contributed by atoms with Crippen molar-refractivity contribution >= 4 is 11.8 Å². The van der Waals surface area contributed by atoms with E-state index in [0.717, 1.165) is 0 Å². The Morgan fingerprint density at radius 1 is 1.16 bits per heavy atom. The number of benzene rings is 1. The molecule has 0 spiro atoms. The molecule has 2 aromatic rings. The number of rotatable bonds is 7. The van der Waals surface area contributed by atoms with E-state index in [9.17, 15) is 36.6 Å². The standard InChI is InChI=1S/C27H30F5N3O3/c1-4-15-8-23(35(12-15)26(38)17-7-13(2)33-11-19(17)14(3)36)25(37)34-24(16-5-6-16)18-9-22(29)20(10-21(18)28)27(30,31)32/h7,9-11,14-16,23-24,36H,4-6,8,12H2,1-3H3,(H,34,37)/t14?,15-,23-,24?/m1/s1. The fourth-order valence-electron chi connectivity index (χ4n) is 5.08. The van der Waals surface area contributed by atoms with E-state index in [1.54, 1.807) is 13.0 Å². The molecule has 1 aromatic carbocycles. The summed E-state index contributed by atoms with van der Waals surface area (Å²) in [7, 11) is 0. The summed E-state index contributed by atoms with van der Waals surface area (Å²) in [5, 5.41) is 12.9. The molecule has 11 heteroatoms. The van der Waals surface area contributed by atoms with Crippen LogP contribution in [0.2, 0.25) is 0 Å². The minimum absolute atomic E-state index is 0.00672. The second-order valence-corrected chi connectivity index (χ2v) is 10.2. The third kappa shape index (κ3) is 5.67. The predicted octanol–water partition coefficient (Wildman–Crippen LogP) is 5.25. The Bertz CT molecular complexity index is 1230. The molecule has 2 fully saturated rings. The van der Waals surface area contributed by atoms with E-state index in [1.165, 1.54) is 18.0 Å². The Labute approximate surface area is 217 Å². The van der Waals surface area contributed by atoms with Crippen LogP contribution in [0.25, 0.3) is 0 Å². The molecule has 1 saturated carbocycles. The van der Waals surface area contributed by atoms with E-state index in [4.69, 9.17) is 0 Å². The number of pyridine rings is 1. The average Bonchev–Trinajstić information content (AvgIpc) is 3.59. The third-order valence-electron chi connectivity index (χ3n) is 7.40. The highest BCUT2D eigenvalue weighted by Gasteiger charge is 2.43. The summed E-state index contributed by atoms with van der Waals surface area (Å²) < 4.78 is 68.3. The number of hydrogen-bond acceptors (Lipinski definition) is 4. The topological polar surface area (TPSA) is 82.5 Å². The van der Waals surface area contributed by atoms with Crippen LogP contribution in [-0.2, 0) is 11.0 Å². The smallest absolute Gasteiger partial charge is 0.389 e. The van der Waals surface area contributed by atoms with Gasteiger partial charge in [-0.1, -0.05) is 13.3 Å². The number of aromatic nitrogens is 1. The Balaban J connectivity index is 1.63. The van der Waals surface area contributed by atoms with Crippen molar-refractivity contribution in [3.05, 3.63) is 64.0 Å². The lowest BCUT2D eigenvalue weighted by molar-refractivity contribution is -0.140. The number of likely N-dealkylation sites (tertiary alicyclic amines) is 1. The maximum Gasteiger partial charge on any atom is 0.419 e. The first-order valence-corrected chi connectivity index (χ1v) is 12.6. The summed E-state index contributed by atoms with van der Waals surface area (Å²) in [6, 6.07) is 0.210. The normalized spacial score (nSPS) is 21.3. The molecular weight excluding hydrogens is 509 g/mol. The van der Waals surface area contributed by atoms with E-state index >= 15 is 0 Å². The number of aryl methyl sites for hydroxylation is 1. The molecule has 2 N–H and O–H groups in total. The van der Waals surface area contributed by atoms with Gasteiger partial charge in [0.2, 0.25) is 5.91 Å². The first-order chi connectivity index (χ1) is 17.8. The lowest BCUT2D eigenvalue weighted by atomic mass is 9.97. The van der Waals surface area contributed by atoms with Gasteiger partial charge < -0.3 is 15.3 Å². The van der Waals surface area contributed by atoms with Crippen LogP contribution in [0.4, 0.5) is 22.0 Å². The number of aliphatic hydroxyl groups excluding tert-OH is 1. The SMILES string of the molecule is CC[C@@H]1C[C@H](C(=O)NC(c2cc(F)c(C(F)(F)F)cc2F)C2CC2)N(C(=O)c2cc(C)ncc2C(C)O)C1. The lowest BCUT2D eigenvalue weighted by Crippen LogP contribution is -2.47. The fraction of sp³-hybridized carbons (Fsp3) is 0.519. The van der Waals surface area contributed by atoms with Gasteiger partial charge in [-0.3, -0.25) is 14.6 Å². The van der Waals surface area contributed by atoms with Gasteiger partial charge in [-0.05, 0) is 63.1 Å². The summed E-state index contributed by atoms with van der Waals surface area (Å²) in [4.78, 5) is 32.7. The molecule has 4 rings (SSSR count). The molecule has 6 nitrogen and oxygen atoms in total. The fourth-order valence-corrected chi connectivity index (χ4v) is 5.08. The van der Waals surface area contributed by atoms with Gasteiger partial charge in [-0.25, -0.2) is 8.78 Å². The summed E-state index contributed by atoms with van der Waals surface area (Å²) in [6.45, 7) is 5.41. The van der Waals surface area contributed by atoms with Crippen LogP contribution in [-0.4, -0.2) is 39.4 Å². The number of nitrogens with zero attached hydrogens (tertiary/aromatic N) is 2. The van der Waals surface area contributed by atoms with Gasteiger partial charge in [0.05, 0.1) is 17.7 Å². The predicted molar refractivity (Wildman–Crippen MR) is 128 cm³/mol. The maximum absolute atomic E-state index is 14.8. The molecule has 1 aliphatic heterocycles. The monoisotopic (exact) mass is 539 g/mol. The van der Waals surface area contributed by atoms with Crippen molar-refractivity contribution in [3.63, 3.8) is 0 Å². The van der Waals surface area contributed by atoms with Gasteiger partial charge in [0.25, 0.3) is 5.91 Å². The van der Waals surface area contributed by atoms with Gasteiger partial charge >= 0.3 is 6.18 Å². The second kappa shape index (κ2) is 10.6. The minimum Gasteiger partial charge on any atom is -0.389 e. The molecule has 2 heterocycles. The van der Waals surface area contributed by atoms with Crippen LogP contribution in [0.1, 0.15) is 84.4 Å². The van der Waals surface area contributed by atoms with Crippen LogP contribution in [0.5, 0.6) is 0 Å². The number of aliphatic hydroxyl groups is 1. The lowest BCUT2D eigenvalue weighted by Gasteiger charge is -2.28. The maximum atomic E-state index is 14.8. The number of halogens is 5. The zero-order valence-corrected chi connectivity index (χ0v) is 21.3.